The molecule has 1 aromatic carbocycles. The molecule has 1 aliphatic rings. The van der Waals surface area contributed by atoms with Gasteiger partial charge >= 0.3 is 0 Å². The minimum Gasteiger partial charge on any atom is -0.383 e. The van der Waals surface area contributed by atoms with Gasteiger partial charge in [0.2, 0.25) is 0 Å². The zero-order valence-electron chi connectivity index (χ0n) is 17.3. The van der Waals surface area contributed by atoms with Gasteiger partial charge in [0.05, 0.1) is 6.61 Å². The van der Waals surface area contributed by atoms with Crippen LogP contribution in [0.4, 0.5) is 0 Å². The van der Waals surface area contributed by atoms with Crippen LogP contribution in [0.5, 0.6) is 0 Å². The minimum absolute atomic E-state index is 0. The number of nitrogens with zero attached hydrogens (tertiary/aromatic N) is 2. The number of methoxy groups -OCH3 is 1. The van der Waals surface area contributed by atoms with Crippen molar-refractivity contribution in [1.29, 1.82) is 0 Å². The van der Waals surface area contributed by atoms with Crippen molar-refractivity contribution in [3.05, 3.63) is 35.5 Å². The number of hydrogen-bond donors (Lipinski definition) is 3. The number of fused-ring (bicyclic) bond motifs is 1. The van der Waals surface area contributed by atoms with Gasteiger partial charge < -0.3 is 20.4 Å². The highest BCUT2D eigenvalue weighted by molar-refractivity contribution is 14.0. The highest BCUT2D eigenvalue weighted by atomic mass is 127. The van der Waals surface area contributed by atoms with E-state index in [2.05, 4.69) is 56.8 Å². The summed E-state index contributed by atoms with van der Waals surface area (Å²) in [6.45, 7) is 6.71. The molecule has 0 spiro atoms. The summed E-state index contributed by atoms with van der Waals surface area (Å²) >= 11 is 0. The average Bonchev–Trinajstić information content (AvgIpc) is 3.44. The Hall–Kier alpha value is -1.32. The number of aryl methyl sites for hydroxylation is 1. The summed E-state index contributed by atoms with van der Waals surface area (Å²) in [6, 6.07) is 7.32. The topological polar surface area (TPSA) is 64.7 Å². The number of aromatic nitrogens is 1. The summed E-state index contributed by atoms with van der Waals surface area (Å²) in [7, 11) is 3.59. The second-order valence-corrected chi connectivity index (χ2v) is 7.30. The van der Waals surface area contributed by atoms with Gasteiger partial charge in [-0.3, -0.25) is 9.89 Å². The number of ether oxygens (including phenoxy) is 1. The van der Waals surface area contributed by atoms with Crippen molar-refractivity contribution in [2.24, 2.45) is 4.99 Å². The van der Waals surface area contributed by atoms with Crippen molar-refractivity contribution in [3.8, 4) is 0 Å². The van der Waals surface area contributed by atoms with Crippen LogP contribution in [-0.2, 0) is 11.2 Å². The smallest absolute Gasteiger partial charge is 0.191 e. The third kappa shape index (κ3) is 6.63. The number of aromatic amines is 1. The Bertz CT molecular complexity index is 756. The lowest BCUT2D eigenvalue weighted by atomic mass is 10.1. The first-order valence-electron chi connectivity index (χ1n) is 9.95. The maximum atomic E-state index is 5.22. The number of nitrogens with one attached hydrogen (secondary N) is 3. The van der Waals surface area contributed by atoms with E-state index >= 15 is 0 Å². The fraction of sp³-hybridized carbons (Fsp3) is 0.571. The van der Waals surface area contributed by atoms with E-state index in [4.69, 9.17) is 4.74 Å². The number of aliphatic imine (C=N–C) groups is 1. The quantitative estimate of drug-likeness (QED) is 0.267. The Morgan fingerprint density at radius 3 is 2.75 bits per heavy atom. The van der Waals surface area contributed by atoms with Gasteiger partial charge in [0.1, 0.15) is 0 Å². The van der Waals surface area contributed by atoms with E-state index in [-0.39, 0.29) is 24.0 Å². The molecule has 3 rings (SSSR count). The fourth-order valence-electron chi connectivity index (χ4n) is 3.49. The van der Waals surface area contributed by atoms with E-state index in [0.717, 1.165) is 51.2 Å². The van der Waals surface area contributed by atoms with Gasteiger partial charge in [-0.05, 0) is 43.4 Å². The Morgan fingerprint density at radius 2 is 2.04 bits per heavy atom. The van der Waals surface area contributed by atoms with Gasteiger partial charge in [0.15, 0.2) is 5.96 Å². The molecule has 156 valence electrons. The molecule has 0 amide bonds. The Balaban J connectivity index is 0.00000280. The lowest BCUT2D eigenvalue weighted by molar-refractivity contribution is 0.144. The van der Waals surface area contributed by atoms with E-state index < -0.39 is 0 Å². The predicted molar refractivity (Wildman–Crippen MR) is 128 cm³/mol. The van der Waals surface area contributed by atoms with E-state index in [1.165, 1.54) is 34.9 Å². The van der Waals surface area contributed by atoms with Crippen LogP contribution in [0.2, 0.25) is 0 Å². The molecule has 1 fully saturated rings. The van der Waals surface area contributed by atoms with E-state index in [1.54, 1.807) is 7.11 Å². The van der Waals surface area contributed by atoms with Crippen LogP contribution in [0.15, 0.2) is 29.4 Å². The SMILES string of the molecule is CN=C(NCCc1c[nH]c2cc(C)ccc12)NCCN(CCOC)C1CC1.I. The maximum absolute atomic E-state index is 5.22. The number of rotatable bonds is 10. The molecule has 6 nitrogen and oxygen atoms in total. The van der Waals surface area contributed by atoms with Crippen LogP contribution in [-0.4, -0.2) is 68.8 Å². The highest BCUT2D eigenvalue weighted by Gasteiger charge is 2.28. The normalized spacial score (nSPS) is 14.4. The van der Waals surface area contributed by atoms with Gasteiger partial charge in [-0.25, -0.2) is 0 Å². The number of benzene rings is 1. The first-order chi connectivity index (χ1) is 13.2. The van der Waals surface area contributed by atoms with Gasteiger partial charge in [0, 0.05) is 63.5 Å². The summed E-state index contributed by atoms with van der Waals surface area (Å²) in [5.41, 5.74) is 3.83. The van der Waals surface area contributed by atoms with Crippen LogP contribution in [0.1, 0.15) is 24.0 Å². The largest absolute Gasteiger partial charge is 0.383 e. The van der Waals surface area contributed by atoms with Crippen molar-refractivity contribution < 1.29 is 4.74 Å². The van der Waals surface area contributed by atoms with Crippen LogP contribution in [0, 0.1) is 6.92 Å². The summed E-state index contributed by atoms with van der Waals surface area (Å²) < 4.78 is 5.22. The average molecular weight is 499 g/mol. The first kappa shape index (κ1) is 23.0. The second kappa shape index (κ2) is 11.6. The Morgan fingerprint density at radius 1 is 1.25 bits per heavy atom. The lowest BCUT2D eigenvalue weighted by Crippen LogP contribution is -2.43. The molecule has 0 saturated heterocycles. The minimum atomic E-state index is 0. The van der Waals surface area contributed by atoms with Gasteiger partial charge in [0.25, 0.3) is 0 Å². The molecule has 2 aromatic rings. The van der Waals surface area contributed by atoms with E-state index in [0.29, 0.717) is 0 Å². The van der Waals surface area contributed by atoms with Crippen molar-refractivity contribution in [1.82, 2.24) is 20.5 Å². The van der Waals surface area contributed by atoms with Crippen LogP contribution in [0.3, 0.4) is 0 Å². The molecular formula is C21H34IN5O. The monoisotopic (exact) mass is 499 g/mol. The number of halogens is 1. The van der Waals surface area contributed by atoms with E-state index in [9.17, 15) is 0 Å². The molecule has 0 atom stereocenters. The highest BCUT2D eigenvalue weighted by Crippen LogP contribution is 2.26. The van der Waals surface area contributed by atoms with Crippen molar-refractivity contribution in [2.75, 3.05) is 46.9 Å². The zero-order chi connectivity index (χ0) is 19.1. The third-order valence-corrected chi connectivity index (χ3v) is 5.17. The number of guanidine groups is 1. The Kier molecular flexibility index (Phi) is 9.53. The summed E-state index contributed by atoms with van der Waals surface area (Å²) in [5, 5.41) is 8.17. The van der Waals surface area contributed by atoms with Crippen molar-refractivity contribution in [3.63, 3.8) is 0 Å². The number of H-pyrrole nitrogens is 1. The molecule has 0 aliphatic heterocycles. The maximum Gasteiger partial charge on any atom is 0.191 e. The standard InChI is InChI=1S/C21H33N5O.HI/c1-16-4-7-19-17(15-25-20(19)14-16)8-9-23-21(22-2)24-10-11-26(12-13-27-3)18-5-6-18;/h4,7,14-15,18,25H,5-6,8-13H2,1-3H3,(H2,22,23,24);1H. The van der Waals surface area contributed by atoms with Gasteiger partial charge in [-0.1, -0.05) is 12.1 Å². The predicted octanol–water partition coefficient (Wildman–Crippen LogP) is 2.91. The molecule has 0 unspecified atom stereocenters. The van der Waals surface area contributed by atoms with Crippen molar-refractivity contribution >= 4 is 40.8 Å². The molecule has 1 saturated carbocycles. The van der Waals surface area contributed by atoms with Gasteiger partial charge in [-0.15, -0.1) is 24.0 Å². The fourth-order valence-corrected chi connectivity index (χ4v) is 3.49. The Labute approximate surface area is 185 Å². The van der Waals surface area contributed by atoms with E-state index in [1.807, 2.05) is 7.05 Å². The number of hydrogen-bond acceptors (Lipinski definition) is 3. The molecule has 7 heteroatoms. The zero-order valence-corrected chi connectivity index (χ0v) is 19.6. The molecule has 0 radical (unpaired) electrons. The lowest BCUT2D eigenvalue weighted by Gasteiger charge is -2.22. The molecule has 0 bridgehead atoms. The van der Waals surface area contributed by atoms with Crippen LogP contribution >= 0.6 is 24.0 Å². The summed E-state index contributed by atoms with van der Waals surface area (Å²) in [6.07, 6.45) is 5.72. The van der Waals surface area contributed by atoms with Crippen LogP contribution < -0.4 is 10.6 Å². The first-order valence-corrected chi connectivity index (χ1v) is 9.95. The summed E-state index contributed by atoms with van der Waals surface area (Å²) in [5.74, 6) is 0.869. The molecule has 1 aliphatic carbocycles. The molecule has 1 heterocycles. The molecular weight excluding hydrogens is 465 g/mol. The second-order valence-electron chi connectivity index (χ2n) is 7.30. The van der Waals surface area contributed by atoms with Gasteiger partial charge in [-0.2, -0.15) is 0 Å². The van der Waals surface area contributed by atoms with Crippen LogP contribution in [0.25, 0.3) is 10.9 Å². The molecule has 28 heavy (non-hydrogen) atoms. The molecule has 1 aromatic heterocycles. The molecule has 3 N–H and O–H groups in total. The summed E-state index contributed by atoms with van der Waals surface area (Å²) in [4.78, 5) is 10.2. The third-order valence-electron chi connectivity index (χ3n) is 5.17. The van der Waals surface area contributed by atoms with Crippen molar-refractivity contribution in [2.45, 2.75) is 32.2 Å².